The molecule has 1 rings (SSSR count). The van der Waals surface area contributed by atoms with E-state index >= 15 is 0 Å². The standard InChI is InChI=1S/C11H13BrO4S/c1-7(2)6-17(15,16)10-5-8(12)3-4-9(10)11(13)14/h3-5,7H,6H2,1-2H3,(H,13,14). The highest BCUT2D eigenvalue weighted by atomic mass is 79.9. The van der Waals surface area contributed by atoms with E-state index in [1.807, 2.05) is 0 Å². The minimum Gasteiger partial charge on any atom is -0.478 e. The SMILES string of the molecule is CC(C)CS(=O)(=O)c1cc(Br)ccc1C(=O)O. The van der Waals surface area contributed by atoms with Gasteiger partial charge in [0.25, 0.3) is 0 Å². The van der Waals surface area contributed by atoms with Crippen LogP contribution >= 0.6 is 15.9 Å². The third kappa shape index (κ3) is 3.54. The van der Waals surface area contributed by atoms with Gasteiger partial charge in [0.05, 0.1) is 16.2 Å². The van der Waals surface area contributed by atoms with Crippen molar-refractivity contribution in [3.8, 4) is 0 Å². The number of hydrogen-bond acceptors (Lipinski definition) is 3. The first kappa shape index (κ1) is 14.2. The highest BCUT2D eigenvalue weighted by Gasteiger charge is 2.23. The summed E-state index contributed by atoms with van der Waals surface area (Å²) in [5.41, 5.74) is -0.186. The van der Waals surface area contributed by atoms with Gasteiger partial charge in [-0.05, 0) is 24.1 Å². The Labute approximate surface area is 109 Å². The number of carbonyl (C=O) groups is 1. The van der Waals surface area contributed by atoms with Gasteiger partial charge in [0, 0.05) is 4.47 Å². The normalized spacial score (nSPS) is 11.8. The van der Waals surface area contributed by atoms with Crippen molar-refractivity contribution in [2.75, 3.05) is 5.75 Å². The molecule has 1 aromatic rings. The van der Waals surface area contributed by atoms with Crippen LogP contribution in [0.3, 0.4) is 0 Å². The number of halogens is 1. The first-order valence-corrected chi connectivity index (χ1v) is 7.44. The smallest absolute Gasteiger partial charge is 0.337 e. The van der Waals surface area contributed by atoms with Gasteiger partial charge in [-0.1, -0.05) is 29.8 Å². The lowest BCUT2D eigenvalue weighted by atomic mass is 10.2. The second-order valence-corrected chi connectivity index (χ2v) is 7.04. The van der Waals surface area contributed by atoms with Gasteiger partial charge in [0.2, 0.25) is 0 Å². The monoisotopic (exact) mass is 320 g/mol. The molecule has 94 valence electrons. The van der Waals surface area contributed by atoms with E-state index in [0.29, 0.717) is 4.47 Å². The topological polar surface area (TPSA) is 71.4 Å². The van der Waals surface area contributed by atoms with Gasteiger partial charge in [-0.3, -0.25) is 0 Å². The van der Waals surface area contributed by atoms with Crippen LogP contribution in [0, 0.1) is 5.92 Å². The molecule has 1 N–H and O–H groups in total. The molecule has 0 aliphatic heterocycles. The van der Waals surface area contributed by atoms with Gasteiger partial charge in [-0.25, -0.2) is 13.2 Å². The highest BCUT2D eigenvalue weighted by molar-refractivity contribution is 9.10. The van der Waals surface area contributed by atoms with Crippen LogP contribution < -0.4 is 0 Å². The third-order valence-corrected chi connectivity index (χ3v) is 4.67. The maximum atomic E-state index is 12.0. The third-order valence-electron chi connectivity index (χ3n) is 2.06. The minimum atomic E-state index is -3.57. The first-order chi connectivity index (χ1) is 7.74. The van der Waals surface area contributed by atoms with Crippen molar-refractivity contribution in [2.45, 2.75) is 18.7 Å². The largest absolute Gasteiger partial charge is 0.478 e. The number of benzene rings is 1. The molecule has 0 aliphatic carbocycles. The molecular formula is C11H13BrO4S. The lowest BCUT2D eigenvalue weighted by molar-refractivity contribution is 0.0692. The lowest BCUT2D eigenvalue weighted by Gasteiger charge is -2.10. The molecule has 0 saturated carbocycles. The number of aromatic carboxylic acids is 1. The summed E-state index contributed by atoms with van der Waals surface area (Å²) in [5.74, 6) is -1.36. The van der Waals surface area contributed by atoms with Gasteiger partial charge < -0.3 is 5.11 Å². The number of sulfone groups is 1. The van der Waals surface area contributed by atoms with Gasteiger partial charge in [-0.2, -0.15) is 0 Å². The lowest BCUT2D eigenvalue weighted by Crippen LogP contribution is -2.15. The van der Waals surface area contributed by atoms with Crippen LogP contribution in [0.25, 0.3) is 0 Å². The summed E-state index contributed by atoms with van der Waals surface area (Å²) in [6, 6.07) is 4.14. The Morgan fingerprint density at radius 1 is 1.41 bits per heavy atom. The Hall–Kier alpha value is -0.880. The fourth-order valence-corrected chi connectivity index (χ4v) is 3.83. The van der Waals surface area contributed by atoms with E-state index < -0.39 is 15.8 Å². The van der Waals surface area contributed by atoms with Crippen LogP contribution in [0.15, 0.2) is 27.6 Å². The van der Waals surface area contributed by atoms with Gasteiger partial charge >= 0.3 is 5.97 Å². The number of carboxylic acids is 1. The zero-order valence-corrected chi connectivity index (χ0v) is 11.9. The molecule has 0 radical (unpaired) electrons. The van der Waals surface area contributed by atoms with Crippen LogP contribution in [-0.4, -0.2) is 25.2 Å². The molecule has 0 aromatic heterocycles. The summed E-state index contributed by atoms with van der Waals surface area (Å²) in [6.45, 7) is 3.55. The summed E-state index contributed by atoms with van der Waals surface area (Å²) < 4.78 is 24.6. The second-order valence-electron chi connectivity index (χ2n) is 4.12. The van der Waals surface area contributed by atoms with E-state index in [9.17, 15) is 13.2 Å². The first-order valence-electron chi connectivity index (χ1n) is 4.99. The van der Waals surface area contributed by atoms with Gasteiger partial charge in [0.1, 0.15) is 0 Å². The fourth-order valence-electron chi connectivity index (χ4n) is 1.46. The van der Waals surface area contributed by atoms with Crippen LogP contribution in [0.5, 0.6) is 0 Å². The van der Waals surface area contributed by atoms with Crippen LogP contribution in [-0.2, 0) is 9.84 Å². The highest BCUT2D eigenvalue weighted by Crippen LogP contribution is 2.23. The molecular weight excluding hydrogens is 308 g/mol. The molecule has 1 aromatic carbocycles. The molecule has 17 heavy (non-hydrogen) atoms. The minimum absolute atomic E-state index is 0.0550. The molecule has 0 bridgehead atoms. The second kappa shape index (κ2) is 5.18. The molecule has 0 atom stereocenters. The van der Waals surface area contributed by atoms with Crippen LogP contribution in [0.4, 0.5) is 0 Å². The average Bonchev–Trinajstić information content (AvgIpc) is 2.14. The predicted octanol–water partition coefficient (Wildman–Crippen LogP) is 2.58. The van der Waals surface area contributed by atoms with Crippen molar-refractivity contribution in [2.24, 2.45) is 5.92 Å². The van der Waals surface area contributed by atoms with Crippen molar-refractivity contribution in [3.05, 3.63) is 28.2 Å². The summed E-state index contributed by atoms with van der Waals surface area (Å²) in [5, 5.41) is 8.97. The molecule has 0 unspecified atom stereocenters. The molecule has 0 aliphatic rings. The predicted molar refractivity (Wildman–Crippen MR) is 68.0 cm³/mol. The molecule has 0 fully saturated rings. The van der Waals surface area contributed by atoms with Gasteiger partial charge in [0.15, 0.2) is 9.84 Å². The Balaban J connectivity index is 3.38. The summed E-state index contributed by atoms with van der Waals surface area (Å²) >= 11 is 3.15. The van der Waals surface area contributed by atoms with Crippen LogP contribution in [0.1, 0.15) is 24.2 Å². The van der Waals surface area contributed by atoms with Crippen molar-refractivity contribution in [3.63, 3.8) is 0 Å². The van der Waals surface area contributed by atoms with Crippen molar-refractivity contribution in [1.82, 2.24) is 0 Å². The maximum Gasteiger partial charge on any atom is 0.337 e. The Morgan fingerprint density at radius 2 is 2.00 bits per heavy atom. The zero-order chi connectivity index (χ0) is 13.2. The maximum absolute atomic E-state index is 12.0. The van der Waals surface area contributed by atoms with E-state index in [0.717, 1.165) is 0 Å². The van der Waals surface area contributed by atoms with E-state index in [2.05, 4.69) is 15.9 Å². The van der Waals surface area contributed by atoms with E-state index in [-0.39, 0.29) is 22.1 Å². The van der Waals surface area contributed by atoms with Crippen molar-refractivity contribution >= 4 is 31.7 Å². The Bertz CT molecular complexity index is 534. The molecule has 0 spiro atoms. The quantitative estimate of drug-likeness (QED) is 0.925. The molecule has 6 heteroatoms. The molecule has 0 saturated heterocycles. The van der Waals surface area contributed by atoms with Crippen molar-refractivity contribution < 1.29 is 18.3 Å². The van der Waals surface area contributed by atoms with Crippen molar-refractivity contribution in [1.29, 1.82) is 0 Å². The summed E-state index contributed by atoms with van der Waals surface area (Å²) in [7, 11) is -3.57. The molecule has 0 heterocycles. The van der Waals surface area contributed by atoms with Crippen LogP contribution in [0.2, 0.25) is 0 Å². The number of carboxylic acid groups (broad SMARTS) is 1. The fraction of sp³-hybridized carbons (Fsp3) is 0.364. The van der Waals surface area contributed by atoms with E-state index in [1.165, 1.54) is 18.2 Å². The van der Waals surface area contributed by atoms with E-state index in [4.69, 9.17) is 5.11 Å². The molecule has 4 nitrogen and oxygen atoms in total. The molecule has 0 amide bonds. The summed E-state index contributed by atoms with van der Waals surface area (Å²) in [6.07, 6.45) is 0. The van der Waals surface area contributed by atoms with E-state index in [1.54, 1.807) is 13.8 Å². The van der Waals surface area contributed by atoms with Gasteiger partial charge in [-0.15, -0.1) is 0 Å². The number of hydrogen-bond donors (Lipinski definition) is 1. The number of rotatable bonds is 4. The Morgan fingerprint density at radius 3 is 2.47 bits per heavy atom. The zero-order valence-electron chi connectivity index (χ0n) is 9.47. The Kier molecular flexibility index (Phi) is 4.32. The summed E-state index contributed by atoms with van der Waals surface area (Å²) in [4.78, 5) is 10.9. The average molecular weight is 321 g/mol.